The van der Waals surface area contributed by atoms with E-state index in [1.165, 1.54) is 0 Å². The number of halogens is 3. The summed E-state index contributed by atoms with van der Waals surface area (Å²) in [6, 6.07) is 0. The zero-order valence-corrected chi connectivity index (χ0v) is 7.16. The van der Waals surface area contributed by atoms with Gasteiger partial charge in [-0.15, -0.1) is 0 Å². The molecule has 10 heavy (non-hydrogen) atoms. The largest absolute Gasteiger partial charge is 0.351 e. The Morgan fingerprint density at radius 3 is 2.20 bits per heavy atom. The third-order valence-electron chi connectivity index (χ3n) is 0.488. The van der Waals surface area contributed by atoms with Crippen LogP contribution in [0.25, 0.3) is 0 Å². The minimum atomic E-state index is 0.0895. The van der Waals surface area contributed by atoms with E-state index in [-0.39, 0.29) is 4.49 Å². The van der Waals surface area contributed by atoms with Gasteiger partial charge in [-0.1, -0.05) is 34.8 Å². The van der Waals surface area contributed by atoms with Crippen molar-refractivity contribution in [1.82, 2.24) is 9.97 Å². The van der Waals surface area contributed by atoms with E-state index in [2.05, 4.69) is 9.97 Å². The van der Waals surface area contributed by atoms with Crippen LogP contribution in [0.15, 0.2) is 28.7 Å². The first kappa shape index (κ1) is 9.82. The van der Waals surface area contributed by atoms with Crippen LogP contribution in [0.3, 0.4) is 0 Å². The standard InChI is InChI=1S/C3H4N2.C2HCl3/c1-2-5-3-4-1;3-1-2(4)5/h1-3H,(H,4,5);1H. The molecule has 0 saturated carbocycles. The molecular formula is C5H5Cl3N2. The van der Waals surface area contributed by atoms with Gasteiger partial charge in [0.2, 0.25) is 0 Å². The summed E-state index contributed by atoms with van der Waals surface area (Å²) in [5.41, 5.74) is 1.09. The molecule has 2 nitrogen and oxygen atoms in total. The average molecular weight is 199 g/mol. The summed E-state index contributed by atoms with van der Waals surface area (Å²) in [4.78, 5) is 6.42. The van der Waals surface area contributed by atoms with Gasteiger partial charge < -0.3 is 4.98 Å². The molecule has 0 saturated heterocycles. The lowest BCUT2D eigenvalue weighted by molar-refractivity contribution is 1.31. The van der Waals surface area contributed by atoms with Crippen molar-refractivity contribution < 1.29 is 0 Å². The number of aromatic nitrogens is 2. The highest BCUT2D eigenvalue weighted by Gasteiger charge is 1.70. The zero-order chi connectivity index (χ0) is 7.82. The smallest absolute Gasteiger partial charge is 0.118 e. The zero-order valence-electron chi connectivity index (χ0n) is 4.89. The summed E-state index contributed by atoms with van der Waals surface area (Å²) in [5, 5.41) is 0. The molecule has 0 spiro atoms. The highest BCUT2D eigenvalue weighted by Crippen LogP contribution is 2.05. The van der Waals surface area contributed by atoms with E-state index in [1.54, 1.807) is 18.7 Å². The van der Waals surface area contributed by atoms with Gasteiger partial charge in [0, 0.05) is 17.9 Å². The normalized spacial score (nSPS) is 7.50. The predicted molar refractivity (Wildman–Crippen MR) is 44.2 cm³/mol. The number of aromatic amines is 1. The first-order valence-corrected chi connectivity index (χ1v) is 3.50. The van der Waals surface area contributed by atoms with Gasteiger partial charge in [0.25, 0.3) is 0 Å². The summed E-state index contributed by atoms with van der Waals surface area (Å²) in [7, 11) is 0. The quantitative estimate of drug-likeness (QED) is 0.684. The summed E-state index contributed by atoms with van der Waals surface area (Å²) >= 11 is 14.8. The lowest BCUT2D eigenvalue weighted by Gasteiger charge is -1.64. The molecule has 1 rings (SSSR count). The highest BCUT2D eigenvalue weighted by molar-refractivity contribution is 6.58. The predicted octanol–water partition coefficient (Wildman–Crippen LogP) is 2.91. The van der Waals surface area contributed by atoms with Crippen molar-refractivity contribution in [3.05, 3.63) is 28.7 Å². The van der Waals surface area contributed by atoms with Crippen LogP contribution in [0, 0.1) is 0 Å². The van der Waals surface area contributed by atoms with E-state index in [0.717, 1.165) is 5.54 Å². The molecule has 0 unspecified atom stereocenters. The number of hydrogen-bond acceptors (Lipinski definition) is 1. The molecule has 1 N–H and O–H groups in total. The fraction of sp³-hybridized carbons (Fsp3) is 0. The fourth-order valence-corrected chi connectivity index (χ4v) is 0.215. The maximum atomic E-state index is 4.96. The monoisotopic (exact) mass is 198 g/mol. The second-order valence-corrected chi connectivity index (χ2v) is 2.39. The van der Waals surface area contributed by atoms with Crippen molar-refractivity contribution in [3.8, 4) is 0 Å². The minimum Gasteiger partial charge on any atom is -0.351 e. The van der Waals surface area contributed by atoms with Crippen LogP contribution in [0.5, 0.6) is 0 Å². The van der Waals surface area contributed by atoms with Crippen molar-refractivity contribution in [2.75, 3.05) is 0 Å². The van der Waals surface area contributed by atoms with Crippen LogP contribution < -0.4 is 0 Å². The van der Waals surface area contributed by atoms with Crippen LogP contribution in [0.4, 0.5) is 0 Å². The van der Waals surface area contributed by atoms with Gasteiger partial charge in [-0.25, -0.2) is 4.98 Å². The third kappa shape index (κ3) is 7.82. The molecule has 0 aliphatic heterocycles. The van der Waals surface area contributed by atoms with E-state index in [9.17, 15) is 0 Å². The Bertz CT molecular complexity index is 150. The number of nitrogens with zero attached hydrogens (tertiary/aromatic N) is 1. The first-order chi connectivity index (χ1) is 4.77. The molecule has 0 fully saturated rings. The molecule has 0 aromatic carbocycles. The van der Waals surface area contributed by atoms with Crippen molar-refractivity contribution in [2.24, 2.45) is 0 Å². The van der Waals surface area contributed by atoms with E-state index < -0.39 is 0 Å². The molecule has 0 radical (unpaired) electrons. The molecule has 1 aromatic rings. The van der Waals surface area contributed by atoms with E-state index in [0.29, 0.717) is 0 Å². The number of hydrogen-bond donors (Lipinski definition) is 1. The summed E-state index contributed by atoms with van der Waals surface area (Å²) in [6.45, 7) is 0. The van der Waals surface area contributed by atoms with Gasteiger partial charge in [0.1, 0.15) is 4.49 Å². The van der Waals surface area contributed by atoms with E-state index in [1.807, 2.05) is 0 Å². The Hall–Kier alpha value is -0.180. The molecule has 0 aliphatic carbocycles. The Balaban J connectivity index is 0.000000162. The Morgan fingerprint density at radius 1 is 1.50 bits per heavy atom. The van der Waals surface area contributed by atoms with Crippen LogP contribution >= 0.6 is 34.8 Å². The van der Waals surface area contributed by atoms with Gasteiger partial charge >= 0.3 is 0 Å². The van der Waals surface area contributed by atoms with Gasteiger partial charge in [0.05, 0.1) is 6.33 Å². The summed E-state index contributed by atoms with van der Waals surface area (Å²) < 4.78 is 0.0895. The van der Waals surface area contributed by atoms with Crippen LogP contribution in [0.1, 0.15) is 0 Å². The topological polar surface area (TPSA) is 28.7 Å². The number of rotatable bonds is 0. The van der Waals surface area contributed by atoms with Crippen molar-refractivity contribution in [3.63, 3.8) is 0 Å². The minimum absolute atomic E-state index is 0.0895. The van der Waals surface area contributed by atoms with Gasteiger partial charge in [0.15, 0.2) is 0 Å². The number of H-pyrrole nitrogens is 1. The highest BCUT2D eigenvalue weighted by atomic mass is 35.5. The molecule has 56 valence electrons. The molecule has 0 bridgehead atoms. The van der Waals surface area contributed by atoms with Crippen molar-refractivity contribution in [2.45, 2.75) is 0 Å². The van der Waals surface area contributed by atoms with Crippen LogP contribution in [0.2, 0.25) is 0 Å². The molecule has 0 atom stereocenters. The van der Waals surface area contributed by atoms with Crippen LogP contribution in [-0.4, -0.2) is 9.97 Å². The van der Waals surface area contributed by atoms with E-state index in [4.69, 9.17) is 34.8 Å². The van der Waals surface area contributed by atoms with Crippen molar-refractivity contribution >= 4 is 34.8 Å². The van der Waals surface area contributed by atoms with E-state index >= 15 is 0 Å². The second-order valence-electron chi connectivity index (χ2n) is 1.16. The number of nitrogens with one attached hydrogen (secondary N) is 1. The Morgan fingerprint density at radius 2 is 2.10 bits per heavy atom. The molecule has 0 amide bonds. The first-order valence-electron chi connectivity index (χ1n) is 2.31. The second kappa shape index (κ2) is 6.93. The molecule has 1 aromatic heterocycles. The fourth-order valence-electron chi connectivity index (χ4n) is 0.215. The summed E-state index contributed by atoms with van der Waals surface area (Å²) in [6.07, 6.45) is 5.08. The van der Waals surface area contributed by atoms with Gasteiger partial charge in [-0.05, 0) is 0 Å². The lowest BCUT2D eigenvalue weighted by atomic mass is 11.0. The third-order valence-corrected chi connectivity index (χ3v) is 1.15. The van der Waals surface area contributed by atoms with Gasteiger partial charge in [-0.2, -0.15) is 0 Å². The molecule has 5 heteroatoms. The lowest BCUT2D eigenvalue weighted by Crippen LogP contribution is -1.44. The van der Waals surface area contributed by atoms with Crippen LogP contribution in [-0.2, 0) is 0 Å². The molecular weight excluding hydrogens is 194 g/mol. The molecule has 1 heterocycles. The maximum Gasteiger partial charge on any atom is 0.118 e. The number of imidazole rings is 1. The Kier molecular flexibility index (Phi) is 6.81. The average Bonchev–Trinajstić information content (AvgIpc) is 2.43. The summed E-state index contributed by atoms with van der Waals surface area (Å²) in [5.74, 6) is 0. The maximum absolute atomic E-state index is 4.96. The van der Waals surface area contributed by atoms with Crippen molar-refractivity contribution in [1.29, 1.82) is 0 Å². The SMILES string of the molecule is ClC=C(Cl)Cl.c1c[nH]cn1. The van der Waals surface area contributed by atoms with Gasteiger partial charge in [-0.3, -0.25) is 0 Å². The molecule has 0 aliphatic rings. The Labute approximate surface area is 73.8 Å².